The molecule has 2 saturated carbocycles. The Morgan fingerprint density at radius 1 is 1.17 bits per heavy atom. The van der Waals surface area contributed by atoms with E-state index in [-0.39, 0.29) is 11.8 Å². The molecule has 1 N–H and O–H groups in total. The van der Waals surface area contributed by atoms with Crippen molar-refractivity contribution in [2.45, 2.75) is 36.2 Å². The topological polar surface area (TPSA) is 38.3 Å². The normalized spacial score (nSPS) is 31.0. The second-order valence-corrected chi connectivity index (χ2v) is 10.1. The van der Waals surface area contributed by atoms with Crippen LogP contribution in [0.25, 0.3) is 0 Å². The predicted octanol–water partition coefficient (Wildman–Crippen LogP) is 4.64. The maximum Gasteiger partial charge on any atom is 0.227 e. The van der Waals surface area contributed by atoms with Crippen LogP contribution in [0.5, 0.6) is 5.75 Å². The van der Waals surface area contributed by atoms with Crippen molar-refractivity contribution in [2.24, 2.45) is 17.8 Å². The number of para-hydroxylation sites is 2. The molecule has 1 aliphatic heterocycles. The quantitative estimate of drug-likeness (QED) is 0.849. The number of nitrogens with one attached hydrogen (secondary N) is 1. The molecule has 0 radical (unpaired) electrons. The van der Waals surface area contributed by atoms with Crippen molar-refractivity contribution >= 4 is 35.1 Å². The summed E-state index contributed by atoms with van der Waals surface area (Å²) in [6.45, 7) is 0. The van der Waals surface area contributed by atoms with E-state index < -0.39 is 0 Å². The van der Waals surface area contributed by atoms with E-state index in [1.165, 1.54) is 30.8 Å². The summed E-state index contributed by atoms with van der Waals surface area (Å²) in [5.41, 5.74) is 0.792. The number of anilines is 1. The van der Waals surface area contributed by atoms with Gasteiger partial charge in [-0.2, -0.15) is 0 Å². The smallest absolute Gasteiger partial charge is 0.227 e. The van der Waals surface area contributed by atoms with E-state index in [4.69, 9.17) is 4.74 Å². The highest BCUT2D eigenvalue weighted by Gasteiger charge is 2.55. The molecule has 2 atom stereocenters. The van der Waals surface area contributed by atoms with Gasteiger partial charge in [-0.3, -0.25) is 4.79 Å². The number of hydrogen-bond acceptors (Lipinski definition) is 4. The summed E-state index contributed by atoms with van der Waals surface area (Å²) in [5, 5.41) is 3.12. The van der Waals surface area contributed by atoms with Crippen molar-refractivity contribution in [3.05, 3.63) is 24.3 Å². The van der Waals surface area contributed by atoms with E-state index in [9.17, 15) is 4.79 Å². The fourth-order valence-corrected chi connectivity index (χ4v) is 8.74. The number of carbonyl (C=O) groups is 1. The lowest BCUT2D eigenvalue weighted by Gasteiger charge is -2.52. The molecule has 5 heteroatoms. The molecule has 2 unspecified atom stereocenters. The van der Waals surface area contributed by atoms with Crippen LogP contribution in [0.3, 0.4) is 0 Å². The van der Waals surface area contributed by atoms with E-state index >= 15 is 0 Å². The van der Waals surface area contributed by atoms with E-state index in [0.29, 0.717) is 15.9 Å². The molecule has 3 fully saturated rings. The SMILES string of the molecule is COc1ccccc1NC(=O)C1CC2CCCC(C1)C21SCCS1. The number of ether oxygens (including phenoxy) is 1. The van der Waals surface area contributed by atoms with Crippen LogP contribution in [0.2, 0.25) is 0 Å². The average Bonchev–Trinajstić information content (AvgIpc) is 3.04. The Balaban J connectivity index is 1.49. The molecule has 130 valence electrons. The summed E-state index contributed by atoms with van der Waals surface area (Å²) in [6, 6.07) is 7.68. The summed E-state index contributed by atoms with van der Waals surface area (Å²) in [6.07, 6.45) is 6.05. The molecule has 1 spiro atoms. The summed E-state index contributed by atoms with van der Waals surface area (Å²) < 4.78 is 5.79. The summed E-state index contributed by atoms with van der Waals surface area (Å²) >= 11 is 4.39. The lowest BCUT2D eigenvalue weighted by Crippen LogP contribution is -2.48. The monoisotopic (exact) mass is 363 g/mol. The first-order valence-corrected chi connectivity index (χ1v) is 10.9. The lowest BCUT2D eigenvalue weighted by atomic mass is 9.67. The van der Waals surface area contributed by atoms with E-state index in [0.717, 1.165) is 24.3 Å². The minimum Gasteiger partial charge on any atom is -0.495 e. The number of thioether (sulfide) groups is 2. The number of benzene rings is 1. The van der Waals surface area contributed by atoms with Gasteiger partial charge in [0.15, 0.2) is 0 Å². The van der Waals surface area contributed by atoms with Crippen LogP contribution < -0.4 is 10.1 Å². The van der Waals surface area contributed by atoms with Crippen LogP contribution in [-0.2, 0) is 4.79 Å². The molecule has 1 aromatic carbocycles. The molecule has 1 amide bonds. The fraction of sp³-hybridized carbons (Fsp3) is 0.632. The van der Waals surface area contributed by atoms with Crippen molar-refractivity contribution in [3.8, 4) is 5.75 Å². The number of carbonyl (C=O) groups excluding carboxylic acids is 1. The van der Waals surface area contributed by atoms with Crippen molar-refractivity contribution in [3.63, 3.8) is 0 Å². The summed E-state index contributed by atoms with van der Waals surface area (Å²) in [5.74, 6) is 5.05. The third kappa shape index (κ3) is 2.84. The van der Waals surface area contributed by atoms with Crippen molar-refractivity contribution in [1.82, 2.24) is 0 Å². The van der Waals surface area contributed by atoms with Gasteiger partial charge in [-0.25, -0.2) is 0 Å². The molecule has 1 heterocycles. The predicted molar refractivity (Wildman–Crippen MR) is 103 cm³/mol. The molecule has 1 aromatic rings. The van der Waals surface area contributed by atoms with Gasteiger partial charge in [0.25, 0.3) is 0 Å². The van der Waals surface area contributed by atoms with Gasteiger partial charge in [0.05, 0.1) is 16.9 Å². The fourth-order valence-electron chi connectivity index (χ4n) is 4.81. The Bertz CT molecular complexity index is 599. The van der Waals surface area contributed by atoms with E-state index in [1.54, 1.807) is 7.11 Å². The third-order valence-electron chi connectivity index (χ3n) is 5.86. The third-order valence-corrected chi connectivity index (χ3v) is 9.87. The summed E-state index contributed by atoms with van der Waals surface area (Å²) in [4.78, 5) is 12.9. The van der Waals surface area contributed by atoms with Gasteiger partial charge < -0.3 is 10.1 Å². The second kappa shape index (κ2) is 6.83. The maximum atomic E-state index is 12.9. The molecule has 4 rings (SSSR count). The zero-order valence-corrected chi connectivity index (χ0v) is 15.8. The molecule has 2 bridgehead atoms. The van der Waals surface area contributed by atoms with Crippen molar-refractivity contribution < 1.29 is 9.53 Å². The molecular weight excluding hydrogens is 338 g/mol. The minimum absolute atomic E-state index is 0.151. The maximum absolute atomic E-state index is 12.9. The summed E-state index contributed by atoms with van der Waals surface area (Å²) in [7, 11) is 1.65. The van der Waals surface area contributed by atoms with Gasteiger partial charge in [-0.1, -0.05) is 18.6 Å². The van der Waals surface area contributed by atoms with Crippen LogP contribution in [-0.4, -0.2) is 28.6 Å². The number of amides is 1. The molecule has 3 aliphatic rings. The van der Waals surface area contributed by atoms with Gasteiger partial charge in [0.2, 0.25) is 5.91 Å². The largest absolute Gasteiger partial charge is 0.495 e. The molecular formula is C19H25NO2S2. The van der Waals surface area contributed by atoms with Crippen LogP contribution >= 0.6 is 23.5 Å². The molecule has 24 heavy (non-hydrogen) atoms. The van der Waals surface area contributed by atoms with Gasteiger partial charge in [-0.05, 0) is 49.7 Å². The van der Waals surface area contributed by atoms with Crippen molar-refractivity contribution in [1.29, 1.82) is 0 Å². The second-order valence-electron chi connectivity index (χ2n) is 7.10. The van der Waals surface area contributed by atoms with Crippen LogP contribution in [0.15, 0.2) is 24.3 Å². The van der Waals surface area contributed by atoms with Gasteiger partial charge in [0, 0.05) is 17.4 Å². The highest BCUT2D eigenvalue weighted by Crippen LogP contribution is 2.64. The Kier molecular flexibility index (Phi) is 4.74. The van der Waals surface area contributed by atoms with Crippen molar-refractivity contribution in [2.75, 3.05) is 23.9 Å². The van der Waals surface area contributed by atoms with Crippen LogP contribution in [0.1, 0.15) is 32.1 Å². The number of rotatable bonds is 3. The zero-order valence-electron chi connectivity index (χ0n) is 14.1. The van der Waals surface area contributed by atoms with Crippen LogP contribution in [0, 0.1) is 17.8 Å². The Hall–Kier alpha value is -0.810. The Labute approximate surface area is 152 Å². The van der Waals surface area contributed by atoms with E-state index in [2.05, 4.69) is 28.8 Å². The minimum atomic E-state index is 0.151. The Morgan fingerprint density at radius 2 is 1.83 bits per heavy atom. The highest BCUT2D eigenvalue weighted by atomic mass is 32.2. The average molecular weight is 364 g/mol. The zero-order chi connectivity index (χ0) is 16.6. The molecule has 0 aromatic heterocycles. The first-order valence-electron chi connectivity index (χ1n) is 8.94. The van der Waals surface area contributed by atoms with Crippen LogP contribution in [0.4, 0.5) is 5.69 Å². The molecule has 2 aliphatic carbocycles. The lowest BCUT2D eigenvalue weighted by molar-refractivity contribution is -0.122. The number of methoxy groups -OCH3 is 1. The molecule has 3 nitrogen and oxygen atoms in total. The first-order chi connectivity index (χ1) is 11.7. The standard InChI is InChI=1S/C19H25NO2S2/c1-22-17-8-3-2-7-16(17)20-18(21)13-11-14-5-4-6-15(12-13)19(14)23-9-10-24-19/h2-3,7-8,13-15H,4-6,9-12H2,1H3,(H,20,21). The number of hydrogen-bond donors (Lipinski definition) is 1. The van der Waals surface area contributed by atoms with Gasteiger partial charge >= 0.3 is 0 Å². The highest BCUT2D eigenvalue weighted by molar-refractivity contribution is 8.21. The first kappa shape index (κ1) is 16.6. The Morgan fingerprint density at radius 3 is 2.50 bits per heavy atom. The molecule has 1 saturated heterocycles. The van der Waals surface area contributed by atoms with Gasteiger partial charge in [0.1, 0.15) is 5.75 Å². The van der Waals surface area contributed by atoms with E-state index in [1.807, 2.05) is 24.3 Å². The van der Waals surface area contributed by atoms with Gasteiger partial charge in [-0.15, -0.1) is 23.5 Å².